The second kappa shape index (κ2) is 5.34. The maximum absolute atomic E-state index is 4.47. The Balaban J connectivity index is 1.49. The monoisotopic (exact) mass is 246 g/mol. The van der Waals surface area contributed by atoms with Gasteiger partial charge in [-0.15, -0.1) is 0 Å². The summed E-state index contributed by atoms with van der Waals surface area (Å²) in [5.74, 6) is 0. The molecule has 18 heavy (non-hydrogen) atoms. The van der Waals surface area contributed by atoms with E-state index in [1.165, 1.54) is 37.4 Å². The van der Waals surface area contributed by atoms with E-state index < -0.39 is 0 Å². The summed E-state index contributed by atoms with van der Waals surface area (Å²) in [6.45, 7) is 10.3. The van der Waals surface area contributed by atoms with Crippen LogP contribution in [0, 0.1) is 6.92 Å². The Kier molecular flexibility index (Phi) is 3.59. The van der Waals surface area contributed by atoms with Crippen molar-refractivity contribution in [3.63, 3.8) is 0 Å². The molecule has 0 aliphatic carbocycles. The molecule has 0 radical (unpaired) electrons. The molecule has 0 spiro atoms. The lowest BCUT2D eigenvalue weighted by molar-refractivity contribution is 0.0215. The minimum absolute atomic E-state index is 0.774. The Bertz CT molecular complexity index is 395. The standard InChI is InChI=1S/C14H22N4/c1-12-3-2-4-16-14(12)11-17-9-13(10-17)18-7-5-15-6-8-18/h2-4,13,15H,5-11H2,1H3. The molecular formula is C14H22N4. The van der Waals surface area contributed by atoms with Gasteiger partial charge in [-0.3, -0.25) is 14.8 Å². The minimum Gasteiger partial charge on any atom is -0.314 e. The number of likely N-dealkylation sites (tertiary alicyclic amines) is 1. The van der Waals surface area contributed by atoms with Crippen molar-refractivity contribution in [2.24, 2.45) is 0 Å². The molecule has 2 aliphatic rings. The van der Waals surface area contributed by atoms with Crippen LogP contribution in [-0.2, 0) is 6.54 Å². The largest absolute Gasteiger partial charge is 0.314 e. The van der Waals surface area contributed by atoms with Crippen molar-refractivity contribution in [3.8, 4) is 0 Å². The maximum Gasteiger partial charge on any atom is 0.0573 e. The summed E-state index contributed by atoms with van der Waals surface area (Å²) in [7, 11) is 0. The minimum atomic E-state index is 0.774. The fourth-order valence-electron chi connectivity index (χ4n) is 2.85. The molecule has 98 valence electrons. The van der Waals surface area contributed by atoms with Crippen LogP contribution in [0.3, 0.4) is 0 Å². The summed E-state index contributed by atoms with van der Waals surface area (Å²) >= 11 is 0. The van der Waals surface area contributed by atoms with Crippen molar-refractivity contribution < 1.29 is 0 Å². The molecule has 0 atom stereocenters. The summed E-state index contributed by atoms with van der Waals surface area (Å²) in [6.07, 6.45) is 1.90. The second-order valence-electron chi connectivity index (χ2n) is 5.40. The zero-order valence-electron chi connectivity index (χ0n) is 11.1. The normalized spacial score (nSPS) is 22.9. The number of aryl methyl sites for hydroxylation is 1. The van der Waals surface area contributed by atoms with Crippen LogP contribution in [-0.4, -0.2) is 60.1 Å². The van der Waals surface area contributed by atoms with Crippen LogP contribution in [0.25, 0.3) is 0 Å². The first-order valence-electron chi connectivity index (χ1n) is 6.90. The molecule has 1 aromatic rings. The van der Waals surface area contributed by atoms with Crippen LogP contribution in [0.2, 0.25) is 0 Å². The first-order valence-corrected chi connectivity index (χ1v) is 6.90. The summed E-state index contributed by atoms with van der Waals surface area (Å²) in [6, 6.07) is 4.94. The molecule has 1 aromatic heterocycles. The molecule has 3 rings (SSSR count). The number of hydrogen-bond acceptors (Lipinski definition) is 4. The van der Waals surface area contributed by atoms with Crippen molar-refractivity contribution in [1.29, 1.82) is 0 Å². The van der Waals surface area contributed by atoms with Crippen LogP contribution in [0.5, 0.6) is 0 Å². The highest BCUT2D eigenvalue weighted by atomic mass is 15.3. The smallest absolute Gasteiger partial charge is 0.0573 e. The fraction of sp³-hybridized carbons (Fsp3) is 0.643. The predicted octanol–water partition coefficient (Wildman–Crippen LogP) is 0.479. The number of rotatable bonds is 3. The van der Waals surface area contributed by atoms with E-state index in [2.05, 4.69) is 33.1 Å². The molecule has 0 amide bonds. The third-order valence-corrected chi connectivity index (χ3v) is 4.10. The first-order chi connectivity index (χ1) is 8.83. The van der Waals surface area contributed by atoms with E-state index in [4.69, 9.17) is 0 Å². The Hall–Kier alpha value is -0.970. The summed E-state index contributed by atoms with van der Waals surface area (Å²) in [5.41, 5.74) is 2.54. The number of nitrogens with zero attached hydrogens (tertiary/aromatic N) is 3. The van der Waals surface area contributed by atoms with E-state index in [0.717, 1.165) is 25.7 Å². The molecular weight excluding hydrogens is 224 g/mol. The molecule has 2 aliphatic heterocycles. The zero-order chi connectivity index (χ0) is 12.4. The van der Waals surface area contributed by atoms with Crippen molar-refractivity contribution in [3.05, 3.63) is 29.6 Å². The third-order valence-electron chi connectivity index (χ3n) is 4.10. The Morgan fingerprint density at radius 2 is 2.11 bits per heavy atom. The van der Waals surface area contributed by atoms with Gasteiger partial charge in [0, 0.05) is 58.1 Å². The molecule has 0 aromatic carbocycles. The average molecular weight is 246 g/mol. The van der Waals surface area contributed by atoms with Gasteiger partial charge in [-0.05, 0) is 18.6 Å². The maximum atomic E-state index is 4.47. The van der Waals surface area contributed by atoms with E-state index in [0.29, 0.717) is 0 Å². The lowest BCUT2D eigenvalue weighted by Crippen LogP contribution is -2.62. The van der Waals surface area contributed by atoms with Crippen molar-refractivity contribution in [1.82, 2.24) is 20.1 Å². The lowest BCUT2D eigenvalue weighted by Gasteiger charge is -2.46. The highest BCUT2D eigenvalue weighted by Gasteiger charge is 2.32. The van der Waals surface area contributed by atoms with Crippen LogP contribution < -0.4 is 5.32 Å². The van der Waals surface area contributed by atoms with Gasteiger partial charge >= 0.3 is 0 Å². The Labute approximate surface area is 109 Å². The van der Waals surface area contributed by atoms with E-state index in [1.807, 2.05) is 12.3 Å². The van der Waals surface area contributed by atoms with Crippen LogP contribution in [0.4, 0.5) is 0 Å². The van der Waals surface area contributed by atoms with Gasteiger partial charge in [0.2, 0.25) is 0 Å². The van der Waals surface area contributed by atoms with Crippen molar-refractivity contribution in [2.75, 3.05) is 39.3 Å². The van der Waals surface area contributed by atoms with Gasteiger partial charge in [-0.1, -0.05) is 6.07 Å². The molecule has 0 bridgehead atoms. The molecule has 0 saturated carbocycles. The molecule has 4 nitrogen and oxygen atoms in total. The lowest BCUT2D eigenvalue weighted by atomic mass is 10.0. The third kappa shape index (κ3) is 2.55. The van der Waals surface area contributed by atoms with Crippen LogP contribution >= 0.6 is 0 Å². The average Bonchev–Trinajstić information content (AvgIpc) is 2.36. The van der Waals surface area contributed by atoms with Crippen molar-refractivity contribution in [2.45, 2.75) is 19.5 Å². The van der Waals surface area contributed by atoms with E-state index in [-0.39, 0.29) is 0 Å². The topological polar surface area (TPSA) is 31.4 Å². The molecule has 2 fully saturated rings. The molecule has 4 heteroatoms. The van der Waals surface area contributed by atoms with Crippen LogP contribution in [0.15, 0.2) is 18.3 Å². The summed E-state index contributed by atoms with van der Waals surface area (Å²) in [5, 5.41) is 3.41. The van der Waals surface area contributed by atoms with E-state index in [9.17, 15) is 0 Å². The molecule has 2 saturated heterocycles. The fourth-order valence-corrected chi connectivity index (χ4v) is 2.85. The molecule has 3 heterocycles. The van der Waals surface area contributed by atoms with E-state index >= 15 is 0 Å². The quantitative estimate of drug-likeness (QED) is 0.840. The van der Waals surface area contributed by atoms with Gasteiger partial charge in [0.1, 0.15) is 0 Å². The zero-order valence-corrected chi connectivity index (χ0v) is 11.1. The molecule has 0 unspecified atom stereocenters. The SMILES string of the molecule is Cc1cccnc1CN1CC(N2CCNCC2)C1. The molecule has 1 N–H and O–H groups in total. The first kappa shape index (κ1) is 12.1. The number of piperazine rings is 1. The van der Waals surface area contributed by atoms with Gasteiger partial charge in [0.05, 0.1) is 5.69 Å². The highest BCUT2D eigenvalue weighted by Crippen LogP contribution is 2.18. The number of aromatic nitrogens is 1. The Morgan fingerprint density at radius 3 is 2.83 bits per heavy atom. The van der Waals surface area contributed by atoms with Crippen molar-refractivity contribution >= 4 is 0 Å². The number of pyridine rings is 1. The Morgan fingerprint density at radius 1 is 1.33 bits per heavy atom. The van der Waals surface area contributed by atoms with Gasteiger partial charge in [-0.2, -0.15) is 0 Å². The summed E-state index contributed by atoms with van der Waals surface area (Å²) < 4.78 is 0. The van der Waals surface area contributed by atoms with Gasteiger partial charge in [0.15, 0.2) is 0 Å². The van der Waals surface area contributed by atoms with Gasteiger partial charge in [-0.25, -0.2) is 0 Å². The van der Waals surface area contributed by atoms with Gasteiger partial charge in [0.25, 0.3) is 0 Å². The predicted molar refractivity (Wildman–Crippen MR) is 72.5 cm³/mol. The second-order valence-corrected chi connectivity index (χ2v) is 5.40. The van der Waals surface area contributed by atoms with Crippen LogP contribution in [0.1, 0.15) is 11.3 Å². The number of hydrogen-bond donors (Lipinski definition) is 1. The number of nitrogens with one attached hydrogen (secondary N) is 1. The van der Waals surface area contributed by atoms with E-state index in [1.54, 1.807) is 0 Å². The highest BCUT2D eigenvalue weighted by molar-refractivity contribution is 5.17. The summed E-state index contributed by atoms with van der Waals surface area (Å²) in [4.78, 5) is 9.60. The van der Waals surface area contributed by atoms with Gasteiger partial charge < -0.3 is 5.32 Å².